The molecule has 1 N–H and O–H groups in total. The third-order valence-electron chi connectivity index (χ3n) is 4.31. The van der Waals surface area contributed by atoms with E-state index in [0.717, 1.165) is 23.0 Å². The number of thioether (sulfide) groups is 1. The summed E-state index contributed by atoms with van der Waals surface area (Å²) < 4.78 is -1.39. The zero-order valence-electron chi connectivity index (χ0n) is 14.3. The van der Waals surface area contributed by atoms with E-state index in [4.69, 9.17) is 0 Å². The Labute approximate surface area is 155 Å². The molecule has 1 atom stereocenters. The van der Waals surface area contributed by atoms with Gasteiger partial charge in [0.25, 0.3) is 11.8 Å². The predicted molar refractivity (Wildman–Crippen MR) is 104 cm³/mol. The molecule has 0 bridgehead atoms. The second-order valence-corrected chi connectivity index (χ2v) is 7.33. The molecule has 0 aliphatic carbocycles. The predicted octanol–water partition coefficient (Wildman–Crippen LogP) is 3.01. The lowest BCUT2D eigenvalue weighted by Gasteiger charge is -2.18. The smallest absolute Gasteiger partial charge is 0.279 e. The van der Waals surface area contributed by atoms with E-state index in [-0.39, 0.29) is 5.91 Å². The second-order valence-electron chi connectivity index (χ2n) is 6.13. The number of amides is 2. The topological polar surface area (TPSA) is 74.1 Å². The summed E-state index contributed by atoms with van der Waals surface area (Å²) in [5, 5.41) is 8.76. The third-order valence-corrected chi connectivity index (χ3v) is 5.66. The fourth-order valence-electron chi connectivity index (χ4n) is 2.88. The first kappa shape index (κ1) is 16.5. The van der Waals surface area contributed by atoms with Crippen LogP contribution in [0.4, 0.5) is 11.4 Å². The van der Waals surface area contributed by atoms with E-state index in [1.165, 1.54) is 5.01 Å². The molecule has 0 radical (unpaired) electrons. The number of carbonyl (C=O) groups excluding carboxylic acids is 2. The molecule has 1 spiro atoms. The Hall–Kier alpha value is -2.93. The normalized spacial score (nSPS) is 23.7. The van der Waals surface area contributed by atoms with E-state index in [1.54, 1.807) is 19.1 Å². The van der Waals surface area contributed by atoms with Crippen LogP contribution in [0.15, 0.2) is 64.7 Å². The van der Waals surface area contributed by atoms with Gasteiger partial charge in [-0.05, 0) is 38.1 Å². The van der Waals surface area contributed by atoms with Crippen LogP contribution in [0.3, 0.4) is 0 Å². The van der Waals surface area contributed by atoms with E-state index >= 15 is 0 Å². The number of hydrazone groups is 1. The molecule has 6 nitrogen and oxygen atoms in total. The third kappa shape index (κ3) is 2.52. The number of anilines is 1. The van der Waals surface area contributed by atoms with Gasteiger partial charge in [-0.3, -0.25) is 9.59 Å². The Morgan fingerprint density at radius 1 is 1.04 bits per heavy atom. The van der Waals surface area contributed by atoms with Gasteiger partial charge in [0.15, 0.2) is 5.17 Å². The Kier molecular flexibility index (Phi) is 3.88. The van der Waals surface area contributed by atoms with Gasteiger partial charge in [0.2, 0.25) is 4.75 Å². The van der Waals surface area contributed by atoms with Crippen LogP contribution in [0.2, 0.25) is 0 Å². The minimum absolute atomic E-state index is 0.377. The van der Waals surface area contributed by atoms with E-state index < -0.39 is 10.7 Å². The number of rotatable bonds is 2. The first-order chi connectivity index (χ1) is 12.5. The Morgan fingerprint density at radius 2 is 1.73 bits per heavy atom. The number of para-hydroxylation sites is 1. The zero-order valence-corrected chi connectivity index (χ0v) is 15.1. The number of nitrogens with one attached hydrogen (secondary N) is 1. The van der Waals surface area contributed by atoms with Crippen molar-refractivity contribution >= 4 is 45.8 Å². The molecule has 2 aromatic carbocycles. The van der Waals surface area contributed by atoms with Crippen molar-refractivity contribution in [3.05, 3.63) is 60.2 Å². The SMILES string of the molecule is CC1=NN(c2ccccc2)C(=O)C12SC(=Nc1ccc(C)cc1)NC2=O. The number of amidine groups is 1. The average Bonchev–Trinajstić information content (AvgIpc) is 3.10. The summed E-state index contributed by atoms with van der Waals surface area (Å²) in [6.45, 7) is 3.69. The monoisotopic (exact) mass is 364 g/mol. The Bertz CT molecular complexity index is 953. The maximum Gasteiger partial charge on any atom is 0.279 e. The number of hydrogen-bond donors (Lipinski definition) is 1. The van der Waals surface area contributed by atoms with E-state index in [1.807, 2.05) is 49.4 Å². The second kappa shape index (κ2) is 6.10. The fraction of sp³-hybridized carbons (Fsp3) is 0.158. The molecule has 130 valence electrons. The quantitative estimate of drug-likeness (QED) is 0.833. The van der Waals surface area contributed by atoms with Crippen LogP contribution < -0.4 is 10.3 Å². The summed E-state index contributed by atoms with van der Waals surface area (Å²) in [5.74, 6) is -0.782. The Balaban J connectivity index is 1.67. The first-order valence-electron chi connectivity index (χ1n) is 8.12. The van der Waals surface area contributed by atoms with Gasteiger partial charge in [-0.2, -0.15) is 10.1 Å². The summed E-state index contributed by atoms with van der Waals surface area (Å²) in [6.07, 6.45) is 0. The summed E-state index contributed by atoms with van der Waals surface area (Å²) in [7, 11) is 0. The molecule has 1 saturated heterocycles. The summed E-state index contributed by atoms with van der Waals surface area (Å²) in [5.41, 5.74) is 2.92. The molecular formula is C19H16N4O2S. The molecule has 2 heterocycles. The molecule has 4 rings (SSSR count). The molecule has 1 unspecified atom stereocenters. The number of nitrogens with zero attached hydrogens (tertiary/aromatic N) is 3. The van der Waals surface area contributed by atoms with Gasteiger partial charge in [-0.1, -0.05) is 47.7 Å². The highest BCUT2D eigenvalue weighted by atomic mass is 32.2. The largest absolute Gasteiger partial charge is 0.303 e. The van der Waals surface area contributed by atoms with Crippen LogP contribution in [-0.4, -0.2) is 27.4 Å². The highest BCUT2D eigenvalue weighted by Gasteiger charge is 2.61. The number of aliphatic imine (C=N–C) groups is 1. The lowest BCUT2D eigenvalue weighted by Crippen LogP contribution is -2.49. The van der Waals surface area contributed by atoms with Gasteiger partial charge in [-0.25, -0.2) is 4.99 Å². The first-order valence-corrected chi connectivity index (χ1v) is 8.93. The molecule has 7 heteroatoms. The van der Waals surface area contributed by atoms with Crippen molar-refractivity contribution in [2.45, 2.75) is 18.6 Å². The summed E-state index contributed by atoms with van der Waals surface area (Å²) in [6, 6.07) is 16.7. The molecule has 2 aromatic rings. The van der Waals surface area contributed by atoms with Crippen molar-refractivity contribution in [3.63, 3.8) is 0 Å². The lowest BCUT2D eigenvalue weighted by atomic mass is 10.0. The molecule has 2 aliphatic rings. The highest BCUT2D eigenvalue weighted by molar-refractivity contribution is 8.17. The summed E-state index contributed by atoms with van der Waals surface area (Å²) in [4.78, 5) is 30.2. The lowest BCUT2D eigenvalue weighted by molar-refractivity contribution is -0.127. The molecular weight excluding hydrogens is 348 g/mol. The van der Waals surface area contributed by atoms with Gasteiger partial charge in [0.1, 0.15) is 0 Å². The minimum Gasteiger partial charge on any atom is -0.303 e. The molecule has 0 saturated carbocycles. The van der Waals surface area contributed by atoms with Crippen molar-refractivity contribution < 1.29 is 9.59 Å². The molecule has 2 aliphatic heterocycles. The molecule has 2 amide bonds. The molecule has 0 aromatic heterocycles. The maximum atomic E-state index is 13.1. The van der Waals surface area contributed by atoms with E-state index in [0.29, 0.717) is 16.6 Å². The van der Waals surface area contributed by atoms with Crippen molar-refractivity contribution in [2.75, 3.05) is 5.01 Å². The van der Waals surface area contributed by atoms with E-state index in [9.17, 15) is 9.59 Å². The number of carbonyl (C=O) groups is 2. The maximum absolute atomic E-state index is 13.1. The Morgan fingerprint density at radius 3 is 2.42 bits per heavy atom. The van der Waals surface area contributed by atoms with Crippen molar-refractivity contribution in [3.8, 4) is 0 Å². The standard InChI is InChI=1S/C19H16N4O2S/c1-12-8-10-14(11-9-12)20-18-21-16(24)19(26-18)13(2)22-23(17(19)25)15-6-4-3-5-7-15/h3-11H,1-2H3,(H,20,21,24). The van der Waals surface area contributed by atoms with Gasteiger partial charge in [-0.15, -0.1) is 0 Å². The van der Waals surface area contributed by atoms with Crippen LogP contribution in [0.5, 0.6) is 0 Å². The number of benzene rings is 2. The zero-order chi connectivity index (χ0) is 18.3. The van der Waals surface area contributed by atoms with Crippen LogP contribution in [-0.2, 0) is 9.59 Å². The van der Waals surface area contributed by atoms with Gasteiger partial charge < -0.3 is 5.32 Å². The minimum atomic E-state index is -1.39. The number of hydrogen-bond acceptors (Lipinski definition) is 5. The highest BCUT2D eigenvalue weighted by Crippen LogP contribution is 2.41. The number of aryl methyl sites for hydroxylation is 1. The van der Waals surface area contributed by atoms with Gasteiger partial charge in [0, 0.05) is 0 Å². The van der Waals surface area contributed by atoms with E-state index in [2.05, 4.69) is 15.4 Å². The summed E-state index contributed by atoms with van der Waals surface area (Å²) >= 11 is 1.11. The van der Waals surface area contributed by atoms with Crippen LogP contribution in [0.25, 0.3) is 0 Å². The molecule has 26 heavy (non-hydrogen) atoms. The average molecular weight is 364 g/mol. The fourth-order valence-corrected chi connectivity index (χ4v) is 3.97. The van der Waals surface area contributed by atoms with Crippen LogP contribution in [0, 0.1) is 6.92 Å². The van der Waals surface area contributed by atoms with Crippen molar-refractivity contribution in [1.29, 1.82) is 0 Å². The molecule has 1 fully saturated rings. The van der Waals surface area contributed by atoms with Crippen LogP contribution >= 0.6 is 11.8 Å². The van der Waals surface area contributed by atoms with Crippen molar-refractivity contribution in [2.24, 2.45) is 10.1 Å². The van der Waals surface area contributed by atoms with Crippen LogP contribution in [0.1, 0.15) is 12.5 Å². The van der Waals surface area contributed by atoms with Gasteiger partial charge >= 0.3 is 0 Å². The van der Waals surface area contributed by atoms with Crippen molar-refractivity contribution in [1.82, 2.24) is 5.32 Å². The van der Waals surface area contributed by atoms with Gasteiger partial charge in [0.05, 0.1) is 17.1 Å².